The highest BCUT2D eigenvalue weighted by atomic mass is 32.2. The molecule has 0 saturated heterocycles. The summed E-state index contributed by atoms with van der Waals surface area (Å²) in [4.78, 5) is 38.8. The van der Waals surface area contributed by atoms with Crippen molar-refractivity contribution in [3.05, 3.63) is 40.5 Å². The lowest BCUT2D eigenvalue weighted by atomic mass is 9.86. The first kappa shape index (κ1) is 22.8. The Balaban J connectivity index is 1.39. The number of nitrogens with one attached hydrogen (secondary N) is 1. The van der Waals surface area contributed by atoms with Gasteiger partial charge in [-0.3, -0.25) is 9.59 Å². The monoisotopic (exact) mass is 491 g/mol. The number of unbranched alkanes of at least 4 members (excludes halogenated alkanes) is 1. The molecule has 1 N–H and O–H groups in total. The molecule has 2 aromatic heterocycles. The molecule has 1 aliphatic heterocycles. The predicted molar refractivity (Wildman–Crippen MR) is 134 cm³/mol. The van der Waals surface area contributed by atoms with Crippen molar-refractivity contribution in [2.45, 2.75) is 50.3 Å². The van der Waals surface area contributed by atoms with Gasteiger partial charge in [-0.25, -0.2) is 9.97 Å². The normalized spacial score (nSPS) is 16.7. The van der Waals surface area contributed by atoms with Crippen LogP contribution in [0.4, 0.5) is 11.5 Å². The lowest BCUT2D eigenvalue weighted by molar-refractivity contribution is -0.135. The summed E-state index contributed by atoms with van der Waals surface area (Å²) in [6.45, 7) is 2.88. The number of fused-ring (bicyclic) bond motifs is 4. The standard InChI is InChI=1S/C25H25N5O2S2/c1-2-3-9-30(10-8-26)25(32)16-5-7-18-20(11-16)34-24-22(18)23(27-14-28-24)29-17-6-4-15-12-21(31)33-19(15)13-17/h4,6,13-14,16H,2-3,5,7,9-12H2,1H3,(H,27,28,29). The SMILES string of the molecule is CCCCN(CC#N)C(=O)C1CCc2c(sc3ncnc(Nc4ccc5c(c4)SC(=O)C5)c23)C1. The minimum Gasteiger partial charge on any atom is -0.340 e. The van der Waals surface area contributed by atoms with Crippen molar-refractivity contribution in [3.63, 3.8) is 0 Å². The van der Waals surface area contributed by atoms with Gasteiger partial charge in [0.25, 0.3) is 0 Å². The van der Waals surface area contributed by atoms with Gasteiger partial charge < -0.3 is 10.2 Å². The molecule has 0 bridgehead atoms. The summed E-state index contributed by atoms with van der Waals surface area (Å²) >= 11 is 2.92. The molecule has 174 valence electrons. The molecular weight excluding hydrogens is 466 g/mol. The van der Waals surface area contributed by atoms with Crippen molar-refractivity contribution in [2.75, 3.05) is 18.4 Å². The molecule has 0 saturated carbocycles. The molecule has 3 aromatic rings. The van der Waals surface area contributed by atoms with E-state index in [0.29, 0.717) is 19.4 Å². The average molecular weight is 492 g/mol. The lowest BCUT2D eigenvalue weighted by Crippen LogP contribution is -2.39. The van der Waals surface area contributed by atoms with Crippen LogP contribution in [0, 0.1) is 17.2 Å². The molecule has 9 heteroatoms. The highest BCUT2D eigenvalue weighted by Crippen LogP contribution is 2.41. The van der Waals surface area contributed by atoms with E-state index in [0.717, 1.165) is 57.9 Å². The van der Waals surface area contributed by atoms with Crippen LogP contribution in [0.5, 0.6) is 0 Å². The molecule has 1 amide bonds. The van der Waals surface area contributed by atoms with Crippen LogP contribution in [0.2, 0.25) is 0 Å². The van der Waals surface area contributed by atoms with E-state index in [1.165, 1.54) is 22.2 Å². The zero-order valence-electron chi connectivity index (χ0n) is 19.0. The maximum Gasteiger partial charge on any atom is 0.226 e. The Hall–Kier alpha value is -2.96. The Morgan fingerprint density at radius 1 is 1.35 bits per heavy atom. The number of carbonyl (C=O) groups is 2. The van der Waals surface area contributed by atoms with Gasteiger partial charge in [0.15, 0.2) is 5.12 Å². The van der Waals surface area contributed by atoms with Gasteiger partial charge >= 0.3 is 0 Å². The molecule has 1 aromatic carbocycles. The first-order valence-corrected chi connectivity index (χ1v) is 13.2. The van der Waals surface area contributed by atoms with Crippen molar-refractivity contribution < 1.29 is 9.59 Å². The number of aryl methyl sites for hydroxylation is 1. The number of benzene rings is 1. The summed E-state index contributed by atoms with van der Waals surface area (Å²) in [6.07, 6.45) is 6.19. The van der Waals surface area contributed by atoms with Crippen molar-refractivity contribution >= 4 is 55.8 Å². The Morgan fingerprint density at radius 3 is 3.06 bits per heavy atom. The number of hydrogen-bond donors (Lipinski definition) is 1. The third-order valence-electron chi connectivity index (χ3n) is 6.44. The fourth-order valence-corrected chi connectivity index (χ4v) is 6.90. The zero-order chi connectivity index (χ0) is 23.7. The van der Waals surface area contributed by atoms with Crippen LogP contribution in [-0.2, 0) is 28.9 Å². The van der Waals surface area contributed by atoms with Gasteiger partial charge in [-0.1, -0.05) is 31.2 Å². The maximum absolute atomic E-state index is 13.2. The van der Waals surface area contributed by atoms with Gasteiger partial charge in [0, 0.05) is 34.3 Å². The Labute approximate surface area is 206 Å². The van der Waals surface area contributed by atoms with Gasteiger partial charge in [-0.2, -0.15) is 5.26 Å². The molecule has 1 atom stereocenters. The van der Waals surface area contributed by atoms with Crippen molar-refractivity contribution in [2.24, 2.45) is 5.92 Å². The van der Waals surface area contributed by atoms with E-state index in [2.05, 4.69) is 28.3 Å². The first-order chi connectivity index (χ1) is 16.6. The summed E-state index contributed by atoms with van der Waals surface area (Å²) in [5.41, 5.74) is 3.19. The Morgan fingerprint density at radius 2 is 2.24 bits per heavy atom. The molecule has 0 radical (unpaired) electrons. The van der Waals surface area contributed by atoms with Crippen LogP contribution in [0.3, 0.4) is 0 Å². The largest absolute Gasteiger partial charge is 0.340 e. The van der Waals surface area contributed by atoms with E-state index in [4.69, 9.17) is 0 Å². The molecular formula is C25H25N5O2S2. The van der Waals surface area contributed by atoms with Crippen LogP contribution in [0.25, 0.3) is 10.2 Å². The van der Waals surface area contributed by atoms with Gasteiger partial charge in [0.05, 0.1) is 11.5 Å². The topological polar surface area (TPSA) is 99.0 Å². The maximum atomic E-state index is 13.2. The minimum atomic E-state index is -0.0959. The molecule has 3 heterocycles. The van der Waals surface area contributed by atoms with Gasteiger partial charge in [0.1, 0.15) is 23.5 Å². The number of hydrogen-bond acceptors (Lipinski definition) is 8. The van der Waals surface area contributed by atoms with Crippen LogP contribution < -0.4 is 5.32 Å². The highest BCUT2D eigenvalue weighted by molar-refractivity contribution is 8.14. The molecule has 2 aliphatic rings. The lowest BCUT2D eigenvalue weighted by Gasteiger charge is -2.28. The molecule has 0 spiro atoms. The second-order valence-electron chi connectivity index (χ2n) is 8.72. The number of aromatic nitrogens is 2. The van der Waals surface area contributed by atoms with E-state index in [1.807, 2.05) is 18.2 Å². The van der Waals surface area contributed by atoms with Gasteiger partial charge in [-0.15, -0.1) is 11.3 Å². The Kier molecular flexibility index (Phi) is 6.53. The zero-order valence-corrected chi connectivity index (χ0v) is 20.6. The van der Waals surface area contributed by atoms with E-state index >= 15 is 0 Å². The molecule has 34 heavy (non-hydrogen) atoms. The molecule has 0 fully saturated rings. The van der Waals surface area contributed by atoms with E-state index in [9.17, 15) is 14.9 Å². The number of thioether (sulfide) groups is 1. The number of carbonyl (C=O) groups excluding carboxylic acids is 2. The smallest absolute Gasteiger partial charge is 0.226 e. The predicted octanol–water partition coefficient (Wildman–Crippen LogP) is 4.87. The summed E-state index contributed by atoms with van der Waals surface area (Å²) in [5, 5.41) is 13.8. The fourth-order valence-electron chi connectivity index (χ4n) is 4.70. The van der Waals surface area contributed by atoms with Crippen LogP contribution in [0.15, 0.2) is 29.4 Å². The second-order valence-corrected chi connectivity index (χ2v) is 10.9. The first-order valence-electron chi connectivity index (χ1n) is 11.6. The summed E-state index contributed by atoms with van der Waals surface area (Å²) in [7, 11) is 0. The number of nitriles is 1. The van der Waals surface area contributed by atoms with E-state index in [-0.39, 0.29) is 23.5 Å². The molecule has 1 aliphatic carbocycles. The summed E-state index contributed by atoms with van der Waals surface area (Å²) in [5.74, 6) is 0.754. The van der Waals surface area contributed by atoms with Crippen LogP contribution in [0.1, 0.15) is 42.2 Å². The third kappa shape index (κ3) is 4.40. The minimum absolute atomic E-state index is 0.0905. The number of rotatable bonds is 7. The van der Waals surface area contributed by atoms with Gasteiger partial charge in [0.2, 0.25) is 5.91 Å². The van der Waals surface area contributed by atoms with E-state index < -0.39 is 0 Å². The van der Waals surface area contributed by atoms with Gasteiger partial charge in [-0.05, 0) is 48.9 Å². The van der Waals surface area contributed by atoms with Crippen molar-refractivity contribution in [1.82, 2.24) is 14.9 Å². The summed E-state index contributed by atoms with van der Waals surface area (Å²) in [6, 6.07) is 8.14. The molecule has 5 rings (SSSR count). The quantitative estimate of drug-likeness (QED) is 0.471. The second kappa shape index (κ2) is 9.72. The van der Waals surface area contributed by atoms with E-state index in [1.54, 1.807) is 22.6 Å². The average Bonchev–Trinajstić information content (AvgIpc) is 3.40. The summed E-state index contributed by atoms with van der Waals surface area (Å²) < 4.78 is 0. The molecule has 7 nitrogen and oxygen atoms in total. The molecule has 1 unspecified atom stereocenters. The fraction of sp³-hybridized carbons (Fsp3) is 0.400. The number of anilines is 2. The number of nitrogens with zero attached hydrogens (tertiary/aromatic N) is 4. The number of amides is 1. The van der Waals surface area contributed by atoms with Crippen molar-refractivity contribution in [3.8, 4) is 6.07 Å². The highest BCUT2D eigenvalue weighted by Gasteiger charge is 2.31. The van der Waals surface area contributed by atoms with Crippen LogP contribution in [-0.4, -0.2) is 39.0 Å². The third-order valence-corrected chi connectivity index (χ3v) is 8.57. The number of thiophene rings is 1. The van der Waals surface area contributed by atoms with Crippen molar-refractivity contribution in [1.29, 1.82) is 5.26 Å². The van der Waals surface area contributed by atoms with Crippen LogP contribution >= 0.6 is 23.1 Å². The Bertz CT molecular complexity index is 1310.